The van der Waals surface area contributed by atoms with Gasteiger partial charge >= 0.3 is 0 Å². The molecule has 2 rings (SSSR count). The lowest BCUT2D eigenvalue weighted by Gasteiger charge is -2.32. The lowest BCUT2D eigenvalue weighted by atomic mass is 9.81. The lowest BCUT2D eigenvalue weighted by molar-refractivity contribution is 0.280. The van der Waals surface area contributed by atoms with E-state index in [1.165, 1.54) is 0 Å². The Balaban J connectivity index is 2.09. The Morgan fingerprint density at radius 3 is 2.55 bits per heavy atom. The third kappa shape index (κ3) is 3.71. The number of hydrogen-bond acceptors (Lipinski definition) is 4. The molecule has 20 heavy (non-hydrogen) atoms. The Hall–Kier alpha value is -1.11. The van der Waals surface area contributed by atoms with Crippen LogP contribution in [0, 0.1) is 5.92 Å². The first-order valence-electron chi connectivity index (χ1n) is 6.99. The molecular weight excluding hydrogens is 274 g/mol. The number of nitrogens with two attached hydrogens (primary N) is 1. The molecule has 5 nitrogen and oxygen atoms in total. The van der Waals surface area contributed by atoms with E-state index in [4.69, 9.17) is 5.73 Å². The molecular formula is C14H23N3O2S. The topological polar surface area (TPSA) is 84.2 Å². The van der Waals surface area contributed by atoms with E-state index in [1.54, 1.807) is 18.2 Å². The summed E-state index contributed by atoms with van der Waals surface area (Å²) in [6, 6.07) is 7.18. The minimum atomic E-state index is -3.47. The Morgan fingerprint density at radius 2 is 1.95 bits per heavy atom. The Labute approximate surface area is 121 Å². The molecule has 0 radical (unpaired) electrons. The highest BCUT2D eigenvalue weighted by atomic mass is 32.2. The molecule has 0 amide bonds. The molecule has 0 aliphatic heterocycles. The fourth-order valence-corrected chi connectivity index (χ4v) is 3.86. The molecule has 1 aliphatic rings. The maximum atomic E-state index is 12.3. The zero-order chi connectivity index (χ0) is 14.8. The first-order chi connectivity index (χ1) is 9.38. The number of para-hydroxylation sites is 1. The molecule has 6 heteroatoms. The lowest BCUT2D eigenvalue weighted by Crippen LogP contribution is -2.39. The largest absolute Gasteiger partial charge is 0.384 e. The molecule has 1 fully saturated rings. The van der Waals surface area contributed by atoms with Crippen LogP contribution in [0.15, 0.2) is 29.2 Å². The van der Waals surface area contributed by atoms with E-state index in [0.717, 1.165) is 19.4 Å². The Bertz CT molecular complexity index is 551. The van der Waals surface area contributed by atoms with Gasteiger partial charge in [0, 0.05) is 18.6 Å². The van der Waals surface area contributed by atoms with Crippen LogP contribution in [0.3, 0.4) is 0 Å². The molecule has 0 heterocycles. The van der Waals surface area contributed by atoms with Crippen LogP contribution in [-0.2, 0) is 10.0 Å². The van der Waals surface area contributed by atoms with Crippen molar-refractivity contribution in [2.45, 2.75) is 43.7 Å². The van der Waals surface area contributed by atoms with Crippen LogP contribution < -0.4 is 15.8 Å². The summed E-state index contributed by atoms with van der Waals surface area (Å²) in [6.07, 6.45) is 2.01. The summed E-state index contributed by atoms with van der Waals surface area (Å²) in [7, 11) is -3.47. The standard InChI is InChI=1S/C14H23N3O2S/c1-10(2)17-20(18,19)14-6-4-3-5-13(14)16-9-11-7-12(15)8-11/h3-6,10-12,16-17H,7-9,15H2,1-2H3. The number of benzene rings is 1. The third-order valence-corrected chi connectivity index (χ3v) is 5.14. The molecule has 0 saturated heterocycles. The first kappa shape index (κ1) is 15.3. The average molecular weight is 297 g/mol. The molecule has 1 aromatic carbocycles. The summed E-state index contributed by atoms with van der Waals surface area (Å²) >= 11 is 0. The summed E-state index contributed by atoms with van der Waals surface area (Å²) in [5, 5.41) is 3.24. The van der Waals surface area contributed by atoms with E-state index in [9.17, 15) is 8.42 Å². The zero-order valence-corrected chi connectivity index (χ0v) is 12.8. The van der Waals surface area contributed by atoms with Crippen molar-refractivity contribution in [3.8, 4) is 0 Å². The summed E-state index contributed by atoms with van der Waals surface area (Å²) in [5.74, 6) is 0.541. The number of rotatable bonds is 6. The second-order valence-corrected chi connectivity index (χ2v) is 7.43. The van der Waals surface area contributed by atoms with Gasteiger partial charge in [-0.15, -0.1) is 0 Å². The van der Waals surface area contributed by atoms with Gasteiger partial charge in [-0.3, -0.25) is 0 Å². The van der Waals surface area contributed by atoms with Crippen molar-refractivity contribution in [1.82, 2.24) is 4.72 Å². The van der Waals surface area contributed by atoms with Crippen LogP contribution in [0.25, 0.3) is 0 Å². The fourth-order valence-electron chi connectivity index (χ4n) is 2.43. The van der Waals surface area contributed by atoms with Crippen LogP contribution in [0.2, 0.25) is 0 Å². The highest BCUT2D eigenvalue weighted by Crippen LogP contribution is 2.27. The smallest absolute Gasteiger partial charge is 0.242 e. The highest BCUT2D eigenvalue weighted by Gasteiger charge is 2.26. The highest BCUT2D eigenvalue weighted by molar-refractivity contribution is 7.89. The third-order valence-electron chi connectivity index (χ3n) is 3.42. The van der Waals surface area contributed by atoms with Gasteiger partial charge in [0.2, 0.25) is 10.0 Å². The minimum Gasteiger partial charge on any atom is -0.384 e. The SMILES string of the molecule is CC(C)NS(=O)(=O)c1ccccc1NCC1CC(N)C1. The average Bonchev–Trinajstić information content (AvgIpc) is 2.32. The Kier molecular flexibility index (Phi) is 4.67. The van der Waals surface area contributed by atoms with E-state index >= 15 is 0 Å². The van der Waals surface area contributed by atoms with Crippen molar-refractivity contribution in [2.75, 3.05) is 11.9 Å². The van der Waals surface area contributed by atoms with Crippen molar-refractivity contribution < 1.29 is 8.42 Å². The van der Waals surface area contributed by atoms with E-state index in [2.05, 4.69) is 10.0 Å². The zero-order valence-electron chi connectivity index (χ0n) is 12.0. The van der Waals surface area contributed by atoms with Gasteiger partial charge in [-0.05, 0) is 44.7 Å². The molecule has 4 N–H and O–H groups in total. The van der Waals surface area contributed by atoms with Gasteiger partial charge in [0.15, 0.2) is 0 Å². The number of hydrogen-bond donors (Lipinski definition) is 3. The maximum Gasteiger partial charge on any atom is 0.242 e. The van der Waals surface area contributed by atoms with Crippen LogP contribution in [0.5, 0.6) is 0 Å². The van der Waals surface area contributed by atoms with Crippen molar-refractivity contribution in [2.24, 2.45) is 11.7 Å². The monoisotopic (exact) mass is 297 g/mol. The van der Waals surface area contributed by atoms with Crippen LogP contribution in [0.4, 0.5) is 5.69 Å². The van der Waals surface area contributed by atoms with Gasteiger partial charge in [0.05, 0.1) is 5.69 Å². The van der Waals surface area contributed by atoms with Crippen molar-refractivity contribution in [3.63, 3.8) is 0 Å². The predicted molar refractivity (Wildman–Crippen MR) is 81.1 cm³/mol. The van der Waals surface area contributed by atoms with E-state index in [-0.39, 0.29) is 6.04 Å². The van der Waals surface area contributed by atoms with Crippen molar-refractivity contribution in [1.29, 1.82) is 0 Å². The predicted octanol–water partition coefficient (Wildman–Crippen LogP) is 1.52. The van der Waals surface area contributed by atoms with Gasteiger partial charge in [0.25, 0.3) is 0 Å². The quantitative estimate of drug-likeness (QED) is 0.743. The number of nitrogens with one attached hydrogen (secondary N) is 2. The van der Waals surface area contributed by atoms with E-state index in [0.29, 0.717) is 22.5 Å². The number of sulfonamides is 1. The molecule has 0 aromatic heterocycles. The first-order valence-corrected chi connectivity index (χ1v) is 8.47. The summed E-state index contributed by atoms with van der Waals surface area (Å²) in [5.41, 5.74) is 6.41. The molecule has 0 spiro atoms. The molecule has 1 saturated carbocycles. The minimum absolute atomic E-state index is 0.127. The molecule has 1 aliphatic carbocycles. The summed E-state index contributed by atoms with van der Waals surface area (Å²) in [4.78, 5) is 0.303. The maximum absolute atomic E-state index is 12.3. The molecule has 0 atom stereocenters. The van der Waals surface area contributed by atoms with Gasteiger partial charge < -0.3 is 11.1 Å². The fraction of sp³-hybridized carbons (Fsp3) is 0.571. The van der Waals surface area contributed by atoms with E-state index < -0.39 is 10.0 Å². The van der Waals surface area contributed by atoms with Gasteiger partial charge in [-0.2, -0.15) is 0 Å². The second-order valence-electron chi connectivity index (χ2n) is 5.75. The number of anilines is 1. The van der Waals surface area contributed by atoms with Crippen molar-refractivity contribution >= 4 is 15.7 Å². The van der Waals surface area contributed by atoms with Crippen LogP contribution in [0.1, 0.15) is 26.7 Å². The van der Waals surface area contributed by atoms with Gasteiger partial charge in [-0.25, -0.2) is 13.1 Å². The van der Waals surface area contributed by atoms with Crippen LogP contribution in [-0.4, -0.2) is 27.0 Å². The second kappa shape index (κ2) is 6.11. The van der Waals surface area contributed by atoms with Crippen LogP contribution >= 0.6 is 0 Å². The molecule has 0 unspecified atom stereocenters. The van der Waals surface area contributed by atoms with Crippen molar-refractivity contribution in [3.05, 3.63) is 24.3 Å². The normalized spacial score (nSPS) is 22.6. The summed E-state index contributed by atoms with van der Waals surface area (Å²) in [6.45, 7) is 4.38. The van der Waals surface area contributed by atoms with Gasteiger partial charge in [0.1, 0.15) is 4.90 Å². The molecule has 112 valence electrons. The van der Waals surface area contributed by atoms with Gasteiger partial charge in [-0.1, -0.05) is 12.1 Å². The summed E-state index contributed by atoms with van der Waals surface area (Å²) < 4.78 is 27.2. The molecule has 1 aromatic rings. The Morgan fingerprint density at radius 1 is 1.30 bits per heavy atom. The molecule has 0 bridgehead atoms. The van der Waals surface area contributed by atoms with E-state index in [1.807, 2.05) is 19.9 Å².